The highest BCUT2D eigenvalue weighted by atomic mass is 32.2. The molecule has 3 rings (SSSR count). The number of carbonyl (C=O) groups is 1. The van der Waals surface area contributed by atoms with Crippen LogP contribution in [0.3, 0.4) is 0 Å². The lowest BCUT2D eigenvalue weighted by Gasteiger charge is -2.38. The van der Waals surface area contributed by atoms with Gasteiger partial charge in [-0.3, -0.25) is 4.79 Å². The summed E-state index contributed by atoms with van der Waals surface area (Å²) < 4.78 is 51.6. The van der Waals surface area contributed by atoms with Crippen molar-refractivity contribution in [3.05, 3.63) is 76.7 Å². The van der Waals surface area contributed by atoms with E-state index >= 15 is 0 Å². The smallest absolute Gasteiger partial charge is 0.254 e. The summed E-state index contributed by atoms with van der Waals surface area (Å²) in [6.45, 7) is 2.26. The van der Waals surface area contributed by atoms with Crippen molar-refractivity contribution in [3.63, 3.8) is 0 Å². The van der Waals surface area contributed by atoms with Gasteiger partial charge >= 0.3 is 0 Å². The summed E-state index contributed by atoms with van der Waals surface area (Å²) in [6.07, 6.45) is 5.00. The maximum Gasteiger partial charge on any atom is 0.254 e. The van der Waals surface area contributed by atoms with Gasteiger partial charge in [0.2, 0.25) is 0 Å². The quantitative estimate of drug-likeness (QED) is 0.713. The molecule has 0 aliphatic carbocycles. The Labute approximate surface area is 181 Å². The number of halogens is 2. The van der Waals surface area contributed by atoms with Gasteiger partial charge in [0, 0.05) is 35.5 Å². The summed E-state index contributed by atoms with van der Waals surface area (Å²) >= 11 is 0. The number of hydrogen-bond acceptors (Lipinski definition) is 4. The monoisotopic (exact) mass is 448 g/mol. The van der Waals surface area contributed by atoms with Gasteiger partial charge in [0.1, 0.15) is 11.6 Å². The summed E-state index contributed by atoms with van der Waals surface area (Å²) in [4.78, 5) is 14.4. The molecule has 2 aromatic carbocycles. The Balaban J connectivity index is 1.80. The van der Waals surface area contributed by atoms with Crippen molar-refractivity contribution in [2.24, 2.45) is 0 Å². The minimum atomic E-state index is -3.32. The van der Waals surface area contributed by atoms with Crippen LogP contribution in [0.4, 0.5) is 14.5 Å². The predicted octanol–water partition coefficient (Wildman–Crippen LogP) is 4.37. The fourth-order valence-corrected chi connectivity index (χ4v) is 4.29. The molecule has 0 bridgehead atoms. The van der Waals surface area contributed by atoms with Crippen molar-refractivity contribution in [1.29, 1.82) is 0 Å². The zero-order valence-electron chi connectivity index (χ0n) is 17.5. The highest BCUT2D eigenvalue weighted by molar-refractivity contribution is 7.93. The molecule has 2 aromatic rings. The van der Waals surface area contributed by atoms with Crippen molar-refractivity contribution in [2.75, 3.05) is 17.7 Å². The highest BCUT2D eigenvalue weighted by Gasteiger charge is 2.27. The second-order valence-corrected chi connectivity index (χ2v) is 9.74. The lowest BCUT2D eigenvalue weighted by atomic mass is 9.94. The van der Waals surface area contributed by atoms with Crippen molar-refractivity contribution >= 4 is 21.4 Å². The van der Waals surface area contributed by atoms with Gasteiger partial charge in [0.25, 0.3) is 5.91 Å². The molecular formula is C23H26F2N2O3S. The minimum Gasteiger partial charge on any atom is -0.364 e. The Morgan fingerprint density at radius 3 is 2.58 bits per heavy atom. The summed E-state index contributed by atoms with van der Waals surface area (Å²) in [5.41, 5.74) is 1.03. The summed E-state index contributed by atoms with van der Waals surface area (Å²) in [6, 6.07) is 10.2. The first-order valence-corrected chi connectivity index (χ1v) is 12.1. The number of sulfone groups is 1. The first-order chi connectivity index (χ1) is 14.7. The van der Waals surface area contributed by atoms with Crippen LogP contribution in [0, 0.1) is 11.6 Å². The molecule has 1 amide bonds. The van der Waals surface area contributed by atoms with Gasteiger partial charge in [-0.05, 0) is 50.5 Å². The van der Waals surface area contributed by atoms with E-state index in [2.05, 4.69) is 5.32 Å². The summed E-state index contributed by atoms with van der Waals surface area (Å²) in [7, 11) is -3.32. The van der Waals surface area contributed by atoms with E-state index < -0.39 is 27.6 Å². The SMILES string of the molecule is C[C@H](/C=C/S(C)(=O)=O)NC(=O)c1ccc(N2CCCC[C@H]2c2ccccc2F)cc1F. The predicted molar refractivity (Wildman–Crippen MR) is 118 cm³/mol. The van der Waals surface area contributed by atoms with Crippen LogP contribution in [0.25, 0.3) is 0 Å². The molecule has 8 heteroatoms. The fourth-order valence-electron chi connectivity index (χ4n) is 3.77. The maximum absolute atomic E-state index is 14.8. The third kappa shape index (κ3) is 5.91. The van der Waals surface area contributed by atoms with Gasteiger partial charge in [-0.1, -0.05) is 24.3 Å². The second-order valence-electron chi connectivity index (χ2n) is 7.81. The molecule has 0 aromatic heterocycles. The topological polar surface area (TPSA) is 66.5 Å². The molecule has 0 radical (unpaired) electrons. The van der Waals surface area contributed by atoms with Crippen molar-refractivity contribution in [2.45, 2.75) is 38.3 Å². The average Bonchev–Trinajstić information content (AvgIpc) is 2.72. The van der Waals surface area contributed by atoms with Crippen LogP contribution in [0.1, 0.15) is 48.1 Å². The third-order valence-electron chi connectivity index (χ3n) is 5.27. The Kier molecular flexibility index (Phi) is 7.10. The number of benzene rings is 2. The van der Waals surface area contributed by atoms with Crippen LogP contribution in [-0.2, 0) is 9.84 Å². The van der Waals surface area contributed by atoms with Crippen molar-refractivity contribution < 1.29 is 22.0 Å². The van der Waals surface area contributed by atoms with Gasteiger partial charge in [-0.25, -0.2) is 17.2 Å². The lowest BCUT2D eigenvalue weighted by molar-refractivity contribution is 0.0943. The second kappa shape index (κ2) is 9.60. The molecular weight excluding hydrogens is 422 g/mol. The van der Waals surface area contributed by atoms with Gasteiger partial charge in [-0.2, -0.15) is 0 Å². The third-order valence-corrected chi connectivity index (χ3v) is 5.92. The molecule has 166 valence electrons. The summed E-state index contributed by atoms with van der Waals surface area (Å²) in [5, 5.41) is 3.55. The largest absolute Gasteiger partial charge is 0.364 e. The van der Waals surface area contributed by atoms with Gasteiger partial charge < -0.3 is 10.2 Å². The molecule has 1 N–H and O–H groups in total. The molecule has 1 saturated heterocycles. The maximum atomic E-state index is 14.8. The standard InChI is InChI=1S/C23H26F2N2O3S/c1-16(12-14-31(2,29)30)26-23(28)19-11-10-17(15-21(19)25)27-13-6-5-9-22(27)18-7-3-4-8-20(18)24/h3-4,7-8,10-12,14-16,22H,5-6,9,13H2,1-2H3,(H,26,28)/b14-12+/t16-,22+/m1/s1. The molecule has 31 heavy (non-hydrogen) atoms. The molecule has 1 heterocycles. The van der Waals surface area contributed by atoms with Crippen LogP contribution in [-0.4, -0.2) is 33.2 Å². The first kappa shape index (κ1) is 22.9. The van der Waals surface area contributed by atoms with Gasteiger partial charge in [0.15, 0.2) is 9.84 Å². The van der Waals surface area contributed by atoms with Crippen molar-refractivity contribution in [3.8, 4) is 0 Å². The van der Waals surface area contributed by atoms with E-state index in [1.807, 2.05) is 4.90 Å². The summed E-state index contributed by atoms with van der Waals surface area (Å²) in [5.74, 6) is -1.61. The Morgan fingerprint density at radius 1 is 1.16 bits per heavy atom. The van der Waals surface area contributed by atoms with Crippen LogP contribution >= 0.6 is 0 Å². The minimum absolute atomic E-state index is 0.136. The van der Waals surface area contributed by atoms with Crippen LogP contribution < -0.4 is 10.2 Å². The molecule has 0 spiro atoms. The average molecular weight is 449 g/mol. The van der Waals surface area contributed by atoms with Crippen LogP contribution in [0.2, 0.25) is 0 Å². The van der Waals surface area contributed by atoms with E-state index in [0.29, 0.717) is 17.8 Å². The number of piperidine rings is 1. The molecule has 0 unspecified atom stereocenters. The Bertz CT molecular complexity index is 1090. The van der Waals surface area contributed by atoms with E-state index in [9.17, 15) is 22.0 Å². The Hall–Kier alpha value is -2.74. The number of carbonyl (C=O) groups excluding carboxylic acids is 1. The molecule has 0 saturated carbocycles. The fraction of sp³-hybridized carbons (Fsp3) is 0.348. The number of hydrogen-bond donors (Lipinski definition) is 1. The van der Waals surface area contributed by atoms with Crippen LogP contribution in [0.5, 0.6) is 0 Å². The zero-order valence-corrected chi connectivity index (χ0v) is 18.3. The molecule has 1 aliphatic rings. The molecule has 1 aliphatic heterocycles. The number of nitrogens with one attached hydrogen (secondary N) is 1. The number of anilines is 1. The number of rotatable bonds is 6. The Morgan fingerprint density at radius 2 is 1.90 bits per heavy atom. The highest BCUT2D eigenvalue weighted by Crippen LogP contribution is 2.36. The number of nitrogens with zero attached hydrogens (tertiary/aromatic N) is 1. The van der Waals surface area contributed by atoms with Gasteiger partial charge in [0.05, 0.1) is 11.6 Å². The van der Waals surface area contributed by atoms with Gasteiger partial charge in [-0.15, -0.1) is 0 Å². The van der Waals surface area contributed by atoms with E-state index in [0.717, 1.165) is 30.9 Å². The zero-order chi connectivity index (χ0) is 22.6. The molecule has 2 atom stereocenters. The van der Waals surface area contributed by atoms with Crippen LogP contribution in [0.15, 0.2) is 53.9 Å². The van der Waals surface area contributed by atoms with E-state index in [4.69, 9.17) is 0 Å². The number of amides is 1. The van der Waals surface area contributed by atoms with E-state index in [1.165, 1.54) is 24.3 Å². The van der Waals surface area contributed by atoms with E-state index in [-0.39, 0.29) is 17.4 Å². The molecule has 1 fully saturated rings. The van der Waals surface area contributed by atoms with E-state index in [1.54, 1.807) is 31.2 Å². The lowest BCUT2D eigenvalue weighted by Crippen LogP contribution is -2.34. The first-order valence-electron chi connectivity index (χ1n) is 10.2. The van der Waals surface area contributed by atoms with Crippen molar-refractivity contribution in [1.82, 2.24) is 5.32 Å². The molecule has 5 nitrogen and oxygen atoms in total. The normalized spacial score (nSPS) is 18.2.